The second-order valence-electron chi connectivity index (χ2n) is 6.04. The number of carbonyl (C=O) groups is 1. The van der Waals surface area contributed by atoms with Crippen LogP contribution >= 0.6 is 0 Å². The molecule has 1 fully saturated rings. The van der Waals surface area contributed by atoms with Crippen LogP contribution in [-0.2, 0) is 16.1 Å². The number of benzene rings is 1. The summed E-state index contributed by atoms with van der Waals surface area (Å²) in [6.07, 6.45) is 1.92. The first-order valence-electron chi connectivity index (χ1n) is 7.58. The van der Waals surface area contributed by atoms with Crippen LogP contribution in [0.5, 0.6) is 0 Å². The smallest absolute Gasteiger partial charge is 0.329 e. The fourth-order valence-electron chi connectivity index (χ4n) is 2.85. The third-order valence-corrected chi connectivity index (χ3v) is 4.32. The van der Waals surface area contributed by atoms with Crippen LogP contribution in [0.15, 0.2) is 12.1 Å². The van der Waals surface area contributed by atoms with E-state index in [1.54, 1.807) is 0 Å². The molecule has 1 heterocycles. The van der Waals surface area contributed by atoms with Gasteiger partial charge in [0.2, 0.25) is 0 Å². The van der Waals surface area contributed by atoms with Crippen molar-refractivity contribution in [2.24, 2.45) is 0 Å². The highest BCUT2D eigenvalue weighted by atomic mass is 16.5. The Bertz CT molecular complexity index is 505. The molecule has 1 saturated heterocycles. The molecule has 1 N–H and O–H groups in total. The maximum absolute atomic E-state index is 10.5. The molecule has 0 aliphatic carbocycles. The van der Waals surface area contributed by atoms with Crippen molar-refractivity contribution in [3.63, 3.8) is 0 Å². The van der Waals surface area contributed by atoms with Crippen molar-refractivity contribution < 1.29 is 14.6 Å². The molecule has 0 spiro atoms. The van der Waals surface area contributed by atoms with Crippen molar-refractivity contribution in [3.05, 3.63) is 34.4 Å². The Morgan fingerprint density at radius 3 is 2.43 bits per heavy atom. The lowest BCUT2D eigenvalue weighted by atomic mass is 9.99. The van der Waals surface area contributed by atoms with Crippen molar-refractivity contribution in [2.45, 2.75) is 46.3 Å². The molecule has 116 valence electrons. The summed E-state index contributed by atoms with van der Waals surface area (Å²) in [4.78, 5) is 12.9. The van der Waals surface area contributed by atoms with Gasteiger partial charge in [-0.3, -0.25) is 4.90 Å². The second kappa shape index (κ2) is 7.05. The third-order valence-electron chi connectivity index (χ3n) is 4.32. The van der Waals surface area contributed by atoms with E-state index in [1.807, 2.05) is 0 Å². The van der Waals surface area contributed by atoms with E-state index in [-0.39, 0.29) is 12.7 Å². The van der Waals surface area contributed by atoms with Crippen LogP contribution in [0.25, 0.3) is 0 Å². The van der Waals surface area contributed by atoms with Crippen molar-refractivity contribution in [3.8, 4) is 0 Å². The van der Waals surface area contributed by atoms with Gasteiger partial charge in [0.1, 0.15) is 6.61 Å². The number of likely N-dealkylation sites (tertiary alicyclic amines) is 1. The summed E-state index contributed by atoms with van der Waals surface area (Å²) in [5, 5.41) is 8.63. The zero-order valence-electron chi connectivity index (χ0n) is 13.2. The maximum Gasteiger partial charge on any atom is 0.329 e. The van der Waals surface area contributed by atoms with Gasteiger partial charge in [-0.25, -0.2) is 4.79 Å². The molecule has 0 bridgehead atoms. The zero-order valence-corrected chi connectivity index (χ0v) is 13.2. The number of piperidine rings is 1. The highest BCUT2D eigenvalue weighted by molar-refractivity contribution is 5.68. The SMILES string of the molecule is Cc1cc(C)c(CN2CCC(OCC(=O)O)CC2)cc1C. The first kappa shape index (κ1) is 16.0. The third kappa shape index (κ3) is 4.55. The zero-order chi connectivity index (χ0) is 15.4. The Morgan fingerprint density at radius 2 is 1.81 bits per heavy atom. The molecule has 1 aliphatic rings. The van der Waals surface area contributed by atoms with E-state index in [4.69, 9.17) is 9.84 Å². The topological polar surface area (TPSA) is 49.8 Å². The van der Waals surface area contributed by atoms with E-state index < -0.39 is 5.97 Å². The fourth-order valence-corrected chi connectivity index (χ4v) is 2.85. The van der Waals surface area contributed by atoms with Crippen molar-refractivity contribution in [2.75, 3.05) is 19.7 Å². The number of aryl methyl sites for hydroxylation is 3. The number of carboxylic acids is 1. The highest BCUT2D eigenvalue weighted by Gasteiger charge is 2.20. The van der Waals surface area contributed by atoms with E-state index in [0.717, 1.165) is 32.5 Å². The molecule has 21 heavy (non-hydrogen) atoms. The number of aliphatic carboxylic acids is 1. The molecule has 0 saturated carbocycles. The van der Waals surface area contributed by atoms with E-state index >= 15 is 0 Å². The van der Waals surface area contributed by atoms with E-state index in [1.165, 1.54) is 22.3 Å². The number of nitrogens with zero attached hydrogens (tertiary/aromatic N) is 1. The molecule has 2 rings (SSSR count). The summed E-state index contributed by atoms with van der Waals surface area (Å²) in [5.41, 5.74) is 5.43. The summed E-state index contributed by atoms with van der Waals surface area (Å²) in [5.74, 6) is -0.886. The first-order chi connectivity index (χ1) is 9.95. The minimum atomic E-state index is -0.886. The number of rotatable bonds is 5. The molecule has 4 heteroatoms. The van der Waals surface area contributed by atoms with Gasteiger partial charge < -0.3 is 9.84 Å². The second-order valence-corrected chi connectivity index (χ2v) is 6.04. The quantitative estimate of drug-likeness (QED) is 0.906. The van der Waals surface area contributed by atoms with Crippen LogP contribution in [-0.4, -0.2) is 41.8 Å². The Hall–Kier alpha value is -1.39. The molecule has 1 aromatic rings. The standard InChI is InChI=1S/C17H25NO3/c1-12-8-14(3)15(9-13(12)2)10-18-6-4-16(5-7-18)21-11-17(19)20/h8-9,16H,4-7,10-11H2,1-3H3,(H,19,20). The normalized spacial score (nSPS) is 17.1. The molecule has 0 aromatic heterocycles. The maximum atomic E-state index is 10.5. The summed E-state index contributed by atoms with van der Waals surface area (Å²) in [6, 6.07) is 4.55. The Morgan fingerprint density at radius 1 is 1.19 bits per heavy atom. The van der Waals surface area contributed by atoms with Crippen LogP contribution in [0.4, 0.5) is 0 Å². The van der Waals surface area contributed by atoms with Gasteiger partial charge in [-0.15, -0.1) is 0 Å². The average molecular weight is 291 g/mol. The predicted molar refractivity (Wildman–Crippen MR) is 82.5 cm³/mol. The minimum absolute atomic E-state index is 0.0956. The lowest BCUT2D eigenvalue weighted by molar-refractivity contribution is -0.145. The Balaban J connectivity index is 1.86. The van der Waals surface area contributed by atoms with Gasteiger partial charge >= 0.3 is 5.97 Å². The van der Waals surface area contributed by atoms with Crippen LogP contribution in [0.2, 0.25) is 0 Å². The molecular weight excluding hydrogens is 266 g/mol. The van der Waals surface area contributed by atoms with Gasteiger partial charge in [0, 0.05) is 19.6 Å². The first-order valence-corrected chi connectivity index (χ1v) is 7.58. The van der Waals surface area contributed by atoms with Crippen molar-refractivity contribution in [1.29, 1.82) is 0 Å². The Labute approximate surface area is 126 Å². The molecule has 1 aliphatic heterocycles. The van der Waals surface area contributed by atoms with Crippen molar-refractivity contribution >= 4 is 5.97 Å². The van der Waals surface area contributed by atoms with Gasteiger partial charge in [0.15, 0.2) is 0 Å². The number of carboxylic acid groups (broad SMARTS) is 1. The van der Waals surface area contributed by atoms with Crippen molar-refractivity contribution in [1.82, 2.24) is 4.90 Å². The molecular formula is C17H25NO3. The van der Waals surface area contributed by atoms with Gasteiger partial charge in [-0.05, 0) is 55.9 Å². The Kier molecular flexibility index (Phi) is 5.37. The van der Waals surface area contributed by atoms with Crippen LogP contribution in [0, 0.1) is 20.8 Å². The van der Waals surface area contributed by atoms with Gasteiger partial charge in [0.05, 0.1) is 6.10 Å². The van der Waals surface area contributed by atoms with Crippen LogP contribution in [0.3, 0.4) is 0 Å². The van der Waals surface area contributed by atoms with E-state index in [0.29, 0.717) is 0 Å². The molecule has 1 aromatic carbocycles. The lowest BCUT2D eigenvalue weighted by Crippen LogP contribution is -2.37. The largest absolute Gasteiger partial charge is 0.480 e. The highest BCUT2D eigenvalue weighted by Crippen LogP contribution is 2.20. The summed E-state index contributed by atoms with van der Waals surface area (Å²) < 4.78 is 5.38. The monoisotopic (exact) mass is 291 g/mol. The molecule has 4 nitrogen and oxygen atoms in total. The minimum Gasteiger partial charge on any atom is -0.480 e. The summed E-state index contributed by atoms with van der Waals surface area (Å²) >= 11 is 0. The lowest BCUT2D eigenvalue weighted by Gasteiger charge is -2.32. The molecule has 0 radical (unpaired) electrons. The van der Waals surface area contributed by atoms with Gasteiger partial charge in [-0.2, -0.15) is 0 Å². The van der Waals surface area contributed by atoms with Crippen LogP contribution in [0.1, 0.15) is 35.1 Å². The van der Waals surface area contributed by atoms with Gasteiger partial charge in [0.25, 0.3) is 0 Å². The number of hydrogen-bond acceptors (Lipinski definition) is 3. The molecule has 0 unspecified atom stereocenters. The average Bonchev–Trinajstić information content (AvgIpc) is 2.44. The predicted octanol–water partition coefficient (Wildman–Crippen LogP) is 2.68. The van der Waals surface area contributed by atoms with Gasteiger partial charge in [-0.1, -0.05) is 12.1 Å². The number of ether oxygens (including phenoxy) is 1. The molecule has 0 amide bonds. The summed E-state index contributed by atoms with van der Waals surface area (Å²) in [6.45, 7) is 9.21. The number of hydrogen-bond donors (Lipinski definition) is 1. The van der Waals surface area contributed by atoms with E-state index in [9.17, 15) is 4.79 Å². The van der Waals surface area contributed by atoms with E-state index in [2.05, 4.69) is 37.8 Å². The van der Waals surface area contributed by atoms with Crippen LogP contribution < -0.4 is 0 Å². The fraction of sp³-hybridized carbons (Fsp3) is 0.588. The summed E-state index contributed by atoms with van der Waals surface area (Å²) in [7, 11) is 0. The molecule has 0 atom stereocenters.